The zero-order valence-electron chi connectivity index (χ0n) is 11.3. The molecule has 0 spiro atoms. The zero-order chi connectivity index (χ0) is 13.9. The lowest BCUT2D eigenvalue weighted by molar-refractivity contribution is 0.0947. The Kier molecular flexibility index (Phi) is 3.56. The van der Waals surface area contributed by atoms with E-state index in [1.807, 2.05) is 31.2 Å². The Balaban J connectivity index is 2.04. The van der Waals surface area contributed by atoms with Crippen LogP contribution in [0.2, 0.25) is 0 Å². The molecule has 0 saturated heterocycles. The highest BCUT2D eigenvalue weighted by Crippen LogP contribution is 2.26. The summed E-state index contributed by atoms with van der Waals surface area (Å²) < 4.78 is 3.24. The second-order valence-electron chi connectivity index (χ2n) is 4.63. The zero-order valence-corrected chi connectivity index (χ0v) is 12.1. The number of hydrogen-bond donors (Lipinski definition) is 1. The first-order valence-electron chi connectivity index (χ1n) is 6.68. The number of hydrogen-bond acceptors (Lipinski definition) is 2. The quantitative estimate of drug-likeness (QED) is 0.781. The Labute approximate surface area is 121 Å². The van der Waals surface area contributed by atoms with Gasteiger partial charge in [-0.15, -0.1) is 11.3 Å². The van der Waals surface area contributed by atoms with E-state index in [0.717, 1.165) is 15.9 Å². The van der Waals surface area contributed by atoms with Crippen LogP contribution in [-0.4, -0.2) is 17.0 Å². The van der Waals surface area contributed by atoms with E-state index in [1.165, 1.54) is 5.56 Å². The van der Waals surface area contributed by atoms with E-state index >= 15 is 0 Å². The van der Waals surface area contributed by atoms with Gasteiger partial charge in [0.15, 0.2) is 0 Å². The van der Waals surface area contributed by atoms with E-state index in [0.29, 0.717) is 13.1 Å². The largest absolute Gasteiger partial charge is 0.351 e. The van der Waals surface area contributed by atoms with Crippen molar-refractivity contribution in [2.75, 3.05) is 6.54 Å². The minimum absolute atomic E-state index is 0.00756. The molecule has 3 rings (SSSR count). The summed E-state index contributed by atoms with van der Waals surface area (Å²) in [5, 5.41) is 4.95. The van der Waals surface area contributed by atoms with Crippen LogP contribution >= 0.6 is 11.3 Å². The summed E-state index contributed by atoms with van der Waals surface area (Å²) in [4.78, 5) is 12.2. The maximum Gasteiger partial charge on any atom is 0.267 e. The Morgan fingerprint density at radius 3 is 2.80 bits per heavy atom. The molecule has 0 bridgehead atoms. The van der Waals surface area contributed by atoms with Crippen molar-refractivity contribution in [1.29, 1.82) is 0 Å². The van der Waals surface area contributed by atoms with Gasteiger partial charge in [0.2, 0.25) is 0 Å². The first kappa shape index (κ1) is 12.9. The monoisotopic (exact) mass is 284 g/mol. The molecule has 0 saturated carbocycles. The average Bonchev–Trinajstić information content (AvgIpc) is 3.03. The molecule has 1 N–H and O–H groups in total. The summed E-state index contributed by atoms with van der Waals surface area (Å²) in [6, 6.07) is 14.3. The number of rotatable bonds is 4. The molecule has 102 valence electrons. The lowest BCUT2D eigenvalue weighted by Gasteiger charge is -2.10. The standard InChI is InChI=1S/C16H16N2OS/c1-2-17-16(19)14-10-15-13(8-9-20-15)18(14)11-12-6-4-3-5-7-12/h3-10H,2,11H2,1H3,(H,17,19). The predicted octanol–water partition coefficient (Wildman–Crippen LogP) is 3.50. The summed E-state index contributed by atoms with van der Waals surface area (Å²) >= 11 is 1.67. The molecule has 0 radical (unpaired) electrons. The maximum atomic E-state index is 12.2. The molecular formula is C16H16N2OS. The van der Waals surface area contributed by atoms with Crippen molar-refractivity contribution in [3.8, 4) is 0 Å². The molecule has 1 aromatic carbocycles. The van der Waals surface area contributed by atoms with E-state index in [9.17, 15) is 4.79 Å². The summed E-state index contributed by atoms with van der Waals surface area (Å²) in [6.07, 6.45) is 0. The highest BCUT2D eigenvalue weighted by Gasteiger charge is 2.15. The van der Waals surface area contributed by atoms with Crippen LogP contribution in [0, 0.1) is 0 Å². The van der Waals surface area contributed by atoms with Gasteiger partial charge in [0, 0.05) is 13.1 Å². The second-order valence-corrected chi connectivity index (χ2v) is 5.58. The predicted molar refractivity (Wildman–Crippen MR) is 83.4 cm³/mol. The number of amides is 1. The van der Waals surface area contributed by atoms with E-state index in [4.69, 9.17) is 0 Å². The molecule has 1 amide bonds. The first-order chi connectivity index (χ1) is 9.79. The normalized spacial score (nSPS) is 10.8. The Morgan fingerprint density at radius 2 is 2.05 bits per heavy atom. The van der Waals surface area contributed by atoms with Gasteiger partial charge in [0.1, 0.15) is 5.69 Å². The van der Waals surface area contributed by atoms with Crippen LogP contribution in [0.3, 0.4) is 0 Å². The molecule has 0 unspecified atom stereocenters. The van der Waals surface area contributed by atoms with E-state index in [2.05, 4.69) is 33.5 Å². The lowest BCUT2D eigenvalue weighted by Crippen LogP contribution is -2.25. The average molecular weight is 284 g/mol. The molecule has 0 aliphatic rings. The first-order valence-corrected chi connectivity index (χ1v) is 7.56. The minimum Gasteiger partial charge on any atom is -0.351 e. The van der Waals surface area contributed by atoms with Gasteiger partial charge in [0.25, 0.3) is 5.91 Å². The molecule has 2 aromatic heterocycles. The van der Waals surface area contributed by atoms with Crippen LogP contribution < -0.4 is 5.32 Å². The van der Waals surface area contributed by atoms with Gasteiger partial charge in [-0.2, -0.15) is 0 Å². The van der Waals surface area contributed by atoms with E-state index in [1.54, 1.807) is 11.3 Å². The van der Waals surface area contributed by atoms with Crippen LogP contribution in [0.25, 0.3) is 10.2 Å². The minimum atomic E-state index is -0.00756. The number of fused-ring (bicyclic) bond motifs is 1. The lowest BCUT2D eigenvalue weighted by atomic mass is 10.2. The number of benzene rings is 1. The molecule has 3 nitrogen and oxygen atoms in total. The van der Waals surface area contributed by atoms with Gasteiger partial charge in [-0.05, 0) is 30.0 Å². The highest BCUT2D eigenvalue weighted by atomic mass is 32.1. The van der Waals surface area contributed by atoms with Gasteiger partial charge < -0.3 is 9.88 Å². The van der Waals surface area contributed by atoms with Crippen molar-refractivity contribution < 1.29 is 4.79 Å². The fourth-order valence-corrected chi connectivity index (χ4v) is 3.17. The molecule has 20 heavy (non-hydrogen) atoms. The fraction of sp³-hybridized carbons (Fsp3) is 0.188. The van der Waals surface area contributed by atoms with Gasteiger partial charge in [0.05, 0.1) is 10.2 Å². The van der Waals surface area contributed by atoms with Crippen molar-refractivity contribution in [3.05, 3.63) is 59.1 Å². The third kappa shape index (κ3) is 2.34. The fourth-order valence-electron chi connectivity index (χ4n) is 2.35. The van der Waals surface area contributed by atoms with Gasteiger partial charge in [-0.25, -0.2) is 0 Å². The highest BCUT2D eigenvalue weighted by molar-refractivity contribution is 7.17. The van der Waals surface area contributed by atoms with Crippen molar-refractivity contribution in [2.24, 2.45) is 0 Å². The summed E-state index contributed by atoms with van der Waals surface area (Å²) in [5.41, 5.74) is 3.06. The number of aromatic nitrogens is 1. The van der Waals surface area contributed by atoms with Crippen molar-refractivity contribution in [2.45, 2.75) is 13.5 Å². The number of carbonyl (C=O) groups excluding carboxylic acids is 1. The molecule has 0 aliphatic heterocycles. The topological polar surface area (TPSA) is 34.0 Å². The molecule has 3 aromatic rings. The van der Waals surface area contributed by atoms with Gasteiger partial charge in [-0.1, -0.05) is 30.3 Å². The third-order valence-electron chi connectivity index (χ3n) is 3.28. The molecule has 2 heterocycles. The molecule has 0 aliphatic carbocycles. The van der Waals surface area contributed by atoms with Crippen LogP contribution in [0.15, 0.2) is 47.8 Å². The number of carbonyl (C=O) groups is 1. The second kappa shape index (κ2) is 5.51. The van der Waals surface area contributed by atoms with E-state index < -0.39 is 0 Å². The Hall–Kier alpha value is -2.07. The Morgan fingerprint density at radius 1 is 1.25 bits per heavy atom. The van der Waals surface area contributed by atoms with Crippen LogP contribution in [0.1, 0.15) is 23.0 Å². The van der Waals surface area contributed by atoms with Crippen LogP contribution in [0.4, 0.5) is 0 Å². The molecule has 0 fully saturated rings. The summed E-state index contributed by atoms with van der Waals surface area (Å²) in [5.74, 6) is -0.00756. The summed E-state index contributed by atoms with van der Waals surface area (Å²) in [7, 11) is 0. The number of nitrogens with zero attached hydrogens (tertiary/aromatic N) is 1. The van der Waals surface area contributed by atoms with Gasteiger partial charge >= 0.3 is 0 Å². The van der Waals surface area contributed by atoms with Crippen molar-refractivity contribution in [1.82, 2.24) is 9.88 Å². The van der Waals surface area contributed by atoms with Crippen LogP contribution in [-0.2, 0) is 6.54 Å². The molecule has 0 atom stereocenters. The van der Waals surface area contributed by atoms with E-state index in [-0.39, 0.29) is 5.91 Å². The summed E-state index contributed by atoms with van der Waals surface area (Å²) in [6.45, 7) is 3.29. The SMILES string of the molecule is CCNC(=O)c1cc2sccc2n1Cc1ccccc1. The van der Waals surface area contributed by atoms with Crippen molar-refractivity contribution in [3.63, 3.8) is 0 Å². The number of nitrogens with one attached hydrogen (secondary N) is 1. The van der Waals surface area contributed by atoms with Gasteiger partial charge in [-0.3, -0.25) is 4.79 Å². The maximum absolute atomic E-state index is 12.2. The molecular weight excluding hydrogens is 268 g/mol. The third-order valence-corrected chi connectivity index (χ3v) is 4.13. The van der Waals surface area contributed by atoms with Crippen LogP contribution in [0.5, 0.6) is 0 Å². The van der Waals surface area contributed by atoms with Crippen molar-refractivity contribution >= 4 is 27.5 Å². The number of thiophene rings is 1. The molecule has 4 heteroatoms. The Bertz CT molecular complexity index is 727. The smallest absolute Gasteiger partial charge is 0.267 e.